The van der Waals surface area contributed by atoms with E-state index >= 15 is 0 Å². The fourth-order valence-corrected chi connectivity index (χ4v) is 4.51. The second kappa shape index (κ2) is 8.56. The molecule has 0 radical (unpaired) electrons. The number of hydrogen-bond donors (Lipinski definition) is 1. The molecule has 4 rings (SSSR count). The first-order valence-corrected chi connectivity index (χ1v) is 10.7. The third-order valence-electron chi connectivity index (χ3n) is 4.82. The number of ether oxygens (including phenoxy) is 2. The second-order valence-corrected chi connectivity index (χ2v) is 8.80. The summed E-state index contributed by atoms with van der Waals surface area (Å²) >= 11 is 7.73. The minimum atomic E-state index is -0.353. The van der Waals surface area contributed by atoms with E-state index in [4.69, 9.17) is 21.1 Å². The molecule has 0 aliphatic carbocycles. The van der Waals surface area contributed by atoms with Gasteiger partial charge in [0.15, 0.2) is 6.61 Å². The average Bonchev–Trinajstić information content (AvgIpc) is 3.08. The van der Waals surface area contributed by atoms with Gasteiger partial charge in [0.05, 0.1) is 28.5 Å². The first-order valence-electron chi connectivity index (χ1n) is 9.50. The van der Waals surface area contributed by atoms with Crippen LogP contribution in [0.1, 0.15) is 9.88 Å². The van der Waals surface area contributed by atoms with Crippen molar-refractivity contribution in [2.24, 2.45) is 0 Å². The molecular formula is C22H20ClN3O4S. The van der Waals surface area contributed by atoms with Gasteiger partial charge in [-0.15, -0.1) is 11.3 Å². The predicted molar refractivity (Wildman–Crippen MR) is 122 cm³/mol. The topological polar surface area (TPSA) is 80.8 Å². The van der Waals surface area contributed by atoms with Crippen LogP contribution in [0.3, 0.4) is 0 Å². The molecule has 0 saturated carbocycles. The van der Waals surface area contributed by atoms with Crippen LogP contribution in [0.2, 0.25) is 5.02 Å². The van der Waals surface area contributed by atoms with Gasteiger partial charge in [0.2, 0.25) is 5.91 Å². The van der Waals surface area contributed by atoms with E-state index in [2.05, 4.69) is 10.3 Å². The largest absolute Gasteiger partial charge is 0.495 e. The predicted octanol–water partition coefficient (Wildman–Crippen LogP) is 4.45. The SMILES string of the molecule is COc1ccc(NC(=O)CN2C(=O)COc3ccc(-c4nc(C)sc4C)cc32)cc1Cl. The Morgan fingerprint density at radius 2 is 2.10 bits per heavy atom. The molecule has 1 aliphatic heterocycles. The van der Waals surface area contributed by atoms with Gasteiger partial charge in [0, 0.05) is 16.1 Å². The summed E-state index contributed by atoms with van der Waals surface area (Å²) in [7, 11) is 1.52. The average molecular weight is 458 g/mol. The maximum atomic E-state index is 12.7. The lowest BCUT2D eigenvalue weighted by atomic mass is 10.1. The Balaban J connectivity index is 1.58. The molecule has 1 aliphatic rings. The normalized spacial score (nSPS) is 12.9. The lowest BCUT2D eigenvalue weighted by Crippen LogP contribution is -2.43. The Kier molecular flexibility index (Phi) is 5.84. The van der Waals surface area contributed by atoms with Gasteiger partial charge in [0.25, 0.3) is 5.91 Å². The molecule has 9 heteroatoms. The van der Waals surface area contributed by atoms with Crippen molar-refractivity contribution in [2.45, 2.75) is 13.8 Å². The minimum Gasteiger partial charge on any atom is -0.495 e. The number of nitrogens with zero attached hydrogens (tertiary/aromatic N) is 2. The monoisotopic (exact) mass is 457 g/mol. The number of nitrogens with one attached hydrogen (secondary N) is 1. The summed E-state index contributed by atoms with van der Waals surface area (Å²) in [5, 5.41) is 4.11. The van der Waals surface area contributed by atoms with Crippen molar-refractivity contribution in [1.29, 1.82) is 0 Å². The molecule has 0 bridgehead atoms. The summed E-state index contributed by atoms with van der Waals surface area (Å²) in [4.78, 5) is 32.4. The lowest BCUT2D eigenvalue weighted by molar-refractivity contribution is -0.123. The Morgan fingerprint density at radius 3 is 2.77 bits per heavy atom. The van der Waals surface area contributed by atoms with E-state index in [0.717, 1.165) is 21.1 Å². The van der Waals surface area contributed by atoms with E-state index in [0.29, 0.717) is 27.9 Å². The number of anilines is 2. The van der Waals surface area contributed by atoms with Crippen LogP contribution < -0.4 is 19.7 Å². The van der Waals surface area contributed by atoms with E-state index in [9.17, 15) is 9.59 Å². The highest BCUT2D eigenvalue weighted by Crippen LogP contribution is 2.37. The van der Waals surface area contributed by atoms with Crippen molar-refractivity contribution >= 4 is 46.1 Å². The maximum Gasteiger partial charge on any atom is 0.265 e. The zero-order valence-corrected chi connectivity index (χ0v) is 18.8. The zero-order valence-electron chi connectivity index (χ0n) is 17.2. The number of methoxy groups -OCH3 is 1. The van der Waals surface area contributed by atoms with Crippen LogP contribution in [0.25, 0.3) is 11.3 Å². The molecule has 0 atom stereocenters. The van der Waals surface area contributed by atoms with Gasteiger partial charge in [-0.1, -0.05) is 11.6 Å². The molecule has 3 aromatic rings. The third-order valence-corrected chi connectivity index (χ3v) is 6.00. The van der Waals surface area contributed by atoms with Gasteiger partial charge >= 0.3 is 0 Å². The Morgan fingerprint density at radius 1 is 1.29 bits per heavy atom. The summed E-state index contributed by atoms with van der Waals surface area (Å²) in [5.41, 5.74) is 2.78. The Bertz CT molecular complexity index is 1180. The fraction of sp³-hybridized carbons (Fsp3) is 0.227. The number of carbonyl (C=O) groups excluding carboxylic acids is 2. The van der Waals surface area contributed by atoms with Crippen molar-refractivity contribution in [1.82, 2.24) is 4.98 Å². The summed E-state index contributed by atoms with van der Waals surface area (Å²) < 4.78 is 10.7. The van der Waals surface area contributed by atoms with Crippen LogP contribution in [0.15, 0.2) is 36.4 Å². The molecule has 1 aromatic heterocycles. The summed E-state index contributed by atoms with van der Waals surface area (Å²) in [5.74, 6) is 0.414. The van der Waals surface area contributed by atoms with E-state index in [-0.39, 0.29) is 25.0 Å². The number of thiazole rings is 1. The zero-order chi connectivity index (χ0) is 22.1. The maximum absolute atomic E-state index is 12.7. The number of aryl methyl sites for hydroxylation is 2. The van der Waals surface area contributed by atoms with Crippen LogP contribution in [-0.4, -0.2) is 37.1 Å². The molecule has 160 valence electrons. The minimum absolute atomic E-state index is 0.122. The number of rotatable bonds is 5. The summed E-state index contributed by atoms with van der Waals surface area (Å²) in [6, 6.07) is 10.5. The highest BCUT2D eigenvalue weighted by atomic mass is 35.5. The quantitative estimate of drug-likeness (QED) is 0.612. The van der Waals surface area contributed by atoms with Crippen LogP contribution in [0.5, 0.6) is 11.5 Å². The molecule has 0 fully saturated rings. The summed E-state index contributed by atoms with van der Waals surface area (Å²) in [6.07, 6.45) is 0. The number of amides is 2. The van der Waals surface area contributed by atoms with E-state index in [1.54, 1.807) is 35.6 Å². The first-order chi connectivity index (χ1) is 14.9. The number of hydrogen-bond acceptors (Lipinski definition) is 6. The van der Waals surface area contributed by atoms with E-state index in [1.165, 1.54) is 12.0 Å². The highest BCUT2D eigenvalue weighted by Gasteiger charge is 2.28. The van der Waals surface area contributed by atoms with Crippen LogP contribution >= 0.6 is 22.9 Å². The number of aromatic nitrogens is 1. The molecule has 1 N–H and O–H groups in total. The molecule has 31 heavy (non-hydrogen) atoms. The van der Waals surface area contributed by atoms with Gasteiger partial charge in [-0.2, -0.15) is 0 Å². The van der Waals surface area contributed by atoms with Crippen LogP contribution in [0, 0.1) is 13.8 Å². The van der Waals surface area contributed by atoms with Gasteiger partial charge < -0.3 is 14.8 Å². The van der Waals surface area contributed by atoms with Crippen molar-refractivity contribution in [3.05, 3.63) is 51.3 Å². The number of fused-ring (bicyclic) bond motifs is 1. The van der Waals surface area contributed by atoms with Crippen molar-refractivity contribution in [3.8, 4) is 22.8 Å². The smallest absolute Gasteiger partial charge is 0.265 e. The van der Waals surface area contributed by atoms with Gasteiger partial charge in [-0.05, 0) is 50.2 Å². The van der Waals surface area contributed by atoms with E-state index in [1.807, 2.05) is 26.0 Å². The standard InChI is InChI=1S/C22H20ClN3O4S/c1-12-22(24-13(2)31-12)14-4-6-19-17(8-14)26(21(28)11-30-19)10-20(27)25-15-5-7-18(29-3)16(23)9-15/h4-9H,10-11H2,1-3H3,(H,25,27). The first kappa shape index (κ1) is 21.1. The number of halogens is 1. The molecule has 0 unspecified atom stereocenters. The molecule has 7 nitrogen and oxygen atoms in total. The van der Waals surface area contributed by atoms with Gasteiger partial charge in [-0.3, -0.25) is 14.5 Å². The van der Waals surface area contributed by atoms with Crippen molar-refractivity contribution in [2.75, 3.05) is 30.5 Å². The Hall–Kier alpha value is -3.10. The van der Waals surface area contributed by atoms with Crippen molar-refractivity contribution < 1.29 is 19.1 Å². The van der Waals surface area contributed by atoms with Gasteiger partial charge in [0.1, 0.15) is 18.0 Å². The molecule has 0 saturated heterocycles. The number of carbonyl (C=O) groups is 2. The lowest BCUT2D eigenvalue weighted by Gasteiger charge is -2.29. The van der Waals surface area contributed by atoms with Crippen molar-refractivity contribution in [3.63, 3.8) is 0 Å². The molecule has 0 spiro atoms. The Labute approximate surface area is 188 Å². The van der Waals surface area contributed by atoms with Crippen LogP contribution in [0.4, 0.5) is 11.4 Å². The van der Waals surface area contributed by atoms with Crippen LogP contribution in [-0.2, 0) is 9.59 Å². The molecular weight excluding hydrogens is 438 g/mol. The highest BCUT2D eigenvalue weighted by molar-refractivity contribution is 7.11. The fourth-order valence-electron chi connectivity index (χ4n) is 3.41. The molecule has 2 aromatic carbocycles. The van der Waals surface area contributed by atoms with Gasteiger partial charge in [-0.25, -0.2) is 4.98 Å². The third kappa shape index (κ3) is 4.35. The van der Waals surface area contributed by atoms with E-state index < -0.39 is 0 Å². The molecule has 2 heterocycles. The second-order valence-electron chi connectivity index (χ2n) is 6.99. The summed E-state index contributed by atoms with van der Waals surface area (Å²) in [6.45, 7) is 3.68. The molecule has 2 amide bonds. The number of benzene rings is 2.